The summed E-state index contributed by atoms with van der Waals surface area (Å²) in [5, 5.41) is 5.50. The Balaban J connectivity index is 1.58. The topological polar surface area (TPSA) is 54.5 Å². The number of benzene rings is 1. The summed E-state index contributed by atoms with van der Waals surface area (Å²) in [6.45, 7) is 4.23. The fourth-order valence-electron chi connectivity index (χ4n) is 2.20. The van der Waals surface area contributed by atoms with E-state index in [2.05, 4.69) is 37.8 Å². The second-order valence-corrected chi connectivity index (χ2v) is 7.10. The number of aromatic nitrogens is 1. The first-order valence-corrected chi connectivity index (χ1v) is 8.98. The van der Waals surface area contributed by atoms with E-state index in [-0.39, 0.29) is 5.91 Å². The summed E-state index contributed by atoms with van der Waals surface area (Å²) < 4.78 is 6.44. The van der Waals surface area contributed by atoms with E-state index >= 15 is 0 Å². The fraction of sp³-hybridized carbons (Fsp3) is 0.333. The van der Waals surface area contributed by atoms with Crippen LogP contribution in [0.25, 0.3) is 0 Å². The number of amides is 1. The van der Waals surface area contributed by atoms with Gasteiger partial charge in [0, 0.05) is 34.1 Å². The highest BCUT2D eigenvalue weighted by Gasteiger charge is 2.13. The van der Waals surface area contributed by atoms with Crippen molar-refractivity contribution in [3.63, 3.8) is 0 Å². The summed E-state index contributed by atoms with van der Waals surface area (Å²) in [4.78, 5) is 18.9. The molecule has 1 aliphatic heterocycles. The molecule has 1 N–H and O–H groups in total. The third-order valence-electron chi connectivity index (χ3n) is 3.37. The van der Waals surface area contributed by atoms with Gasteiger partial charge in [0.2, 0.25) is 0 Å². The molecule has 116 valence electrons. The van der Waals surface area contributed by atoms with E-state index in [9.17, 15) is 4.79 Å². The molecule has 0 atom stereocenters. The number of nitrogens with one attached hydrogen (secondary N) is 1. The molecule has 0 aliphatic carbocycles. The van der Waals surface area contributed by atoms with Crippen molar-refractivity contribution in [2.45, 2.75) is 6.54 Å². The van der Waals surface area contributed by atoms with Crippen molar-refractivity contribution in [3.05, 3.63) is 44.5 Å². The zero-order chi connectivity index (χ0) is 15.4. The van der Waals surface area contributed by atoms with Crippen LogP contribution in [0.15, 0.2) is 29.6 Å². The van der Waals surface area contributed by atoms with E-state index in [4.69, 9.17) is 4.74 Å². The van der Waals surface area contributed by atoms with Gasteiger partial charge in [-0.2, -0.15) is 0 Å². The molecule has 0 saturated carbocycles. The largest absolute Gasteiger partial charge is 0.379 e. The number of ether oxygens (including phenoxy) is 1. The molecule has 1 aromatic heterocycles. The second-order valence-electron chi connectivity index (χ2n) is 4.99. The van der Waals surface area contributed by atoms with E-state index < -0.39 is 0 Å². The summed E-state index contributed by atoms with van der Waals surface area (Å²) in [6, 6.07) is 7.47. The van der Waals surface area contributed by atoms with Crippen molar-refractivity contribution in [2.75, 3.05) is 31.6 Å². The van der Waals surface area contributed by atoms with Gasteiger partial charge < -0.3 is 4.74 Å². The average Bonchev–Trinajstić information content (AvgIpc) is 2.96. The monoisotopic (exact) mass is 429 g/mol. The summed E-state index contributed by atoms with van der Waals surface area (Å²) in [7, 11) is 0. The third-order valence-corrected chi connectivity index (χ3v) is 4.89. The number of thiazole rings is 1. The van der Waals surface area contributed by atoms with Crippen molar-refractivity contribution in [1.29, 1.82) is 0 Å². The first kappa shape index (κ1) is 15.9. The Morgan fingerprint density at radius 3 is 2.77 bits per heavy atom. The van der Waals surface area contributed by atoms with Crippen LogP contribution in [0.1, 0.15) is 16.1 Å². The molecule has 0 spiro atoms. The van der Waals surface area contributed by atoms with Crippen LogP contribution in [-0.2, 0) is 11.3 Å². The van der Waals surface area contributed by atoms with Crippen LogP contribution >= 0.6 is 33.9 Å². The smallest absolute Gasteiger partial charge is 0.257 e. The quantitative estimate of drug-likeness (QED) is 0.760. The number of hydrogen-bond acceptors (Lipinski definition) is 5. The molecule has 0 unspecified atom stereocenters. The minimum absolute atomic E-state index is 0.122. The minimum Gasteiger partial charge on any atom is -0.379 e. The molecular weight excluding hydrogens is 413 g/mol. The second kappa shape index (κ2) is 7.49. The van der Waals surface area contributed by atoms with Crippen molar-refractivity contribution in [2.24, 2.45) is 0 Å². The fourth-order valence-corrected chi connectivity index (χ4v) is 3.25. The number of anilines is 1. The molecule has 0 radical (unpaired) electrons. The maximum absolute atomic E-state index is 12.2. The minimum atomic E-state index is -0.122. The van der Waals surface area contributed by atoms with Gasteiger partial charge in [0.1, 0.15) is 0 Å². The zero-order valence-corrected chi connectivity index (χ0v) is 14.9. The van der Waals surface area contributed by atoms with Gasteiger partial charge in [-0.15, -0.1) is 11.3 Å². The summed E-state index contributed by atoms with van der Waals surface area (Å²) in [5.74, 6) is -0.122. The average molecular weight is 429 g/mol. The van der Waals surface area contributed by atoms with Gasteiger partial charge in [0.15, 0.2) is 5.13 Å². The molecule has 2 heterocycles. The molecule has 1 aliphatic rings. The summed E-state index contributed by atoms with van der Waals surface area (Å²) in [5.41, 5.74) is 1.63. The maximum Gasteiger partial charge on any atom is 0.257 e. The Morgan fingerprint density at radius 1 is 1.32 bits per heavy atom. The SMILES string of the molecule is O=C(Nc1nc(CN2CCOCC2)cs1)c1ccc(I)cc1. The van der Waals surface area contributed by atoms with Gasteiger partial charge in [0.25, 0.3) is 5.91 Å². The van der Waals surface area contributed by atoms with Crippen molar-refractivity contribution in [3.8, 4) is 0 Å². The lowest BCUT2D eigenvalue weighted by Crippen LogP contribution is -2.35. The molecule has 0 bridgehead atoms. The molecule has 7 heteroatoms. The molecular formula is C15H16IN3O2S. The molecule has 1 saturated heterocycles. The van der Waals surface area contributed by atoms with Crippen molar-refractivity contribution in [1.82, 2.24) is 9.88 Å². The highest BCUT2D eigenvalue weighted by atomic mass is 127. The lowest BCUT2D eigenvalue weighted by molar-refractivity contribution is 0.0337. The lowest BCUT2D eigenvalue weighted by Gasteiger charge is -2.25. The normalized spacial score (nSPS) is 15.7. The lowest BCUT2D eigenvalue weighted by atomic mass is 10.2. The van der Waals surface area contributed by atoms with Crippen LogP contribution in [0.3, 0.4) is 0 Å². The number of morpholine rings is 1. The van der Waals surface area contributed by atoms with E-state index in [1.165, 1.54) is 11.3 Å². The zero-order valence-electron chi connectivity index (χ0n) is 11.9. The summed E-state index contributed by atoms with van der Waals surface area (Å²) in [6.07, 6.45) is 0. The van der Waals surface area contributed by atoms with Crippen LogP contribution < -0.4 is 5.32 Å². The Kier molecular flexibility index (Phi) is 5.40. The maximum atomic E-state index is 12.2. The molecule has 5 nitrogen and oxygen atoms in total. The third kappa shape index (κ3) is 4.25. The van der Waals surface area contributed by atoms with Gasteiger partial charge in [-0.1, -0.05) is 0 Å². The summed E-state index contributed by atoms with van der Waals surface area (Å²) >= 11 is 3.68. The molecule has 2 aromatic rings. The van der Waals surface area contributed by atoms with Gasteiger partial charge in [0.05, 0.1) is 18.9 Å². The van der Waals surface area contributed by atoms with Gasteiger partial charge in [-0.25, -0.2) is 4.98 Å². The Bertz CT molecular complexity index is 638. The van der Waals surface area contributed by atoms with Gasteiger partial charge >= 0.3 is 0 Å². The number of carbonyl (C=O) groups is 1. The van der Waals surface area contributed by atoms with Gasteiger partial charge in [-0.05, 0) is 46.9 Å². The highest BCUT2D eigenvalue weighted by molar-refractivity contribution is 14.1. The van der Waals surface area contributed by atoms with Crippen LogP contribution in [0.2, 0.25) is 0 Å². The standard InChI is InChI=1S/C15H16IN3O2S/c16-12-3-1-11(2-4-12)14(20)18-15-17-13(10-22-15)9-19-5-7-21-8-6-19/h1-4,10H,5-9H2,(H,17,18,20). The molecule has 1 aromatic carbocycles. The van der Waals surface area contributed by atoms with Gasteiger partial charge in [-0.3, -0.25) is 15.0 Å². The van der Waals surface area contributed by atoms with Crippen molar-refractivity contribution >= 4 is 45.0 Å². The van der Waals surface area contributed by atoms with E-state index in [1.54, 1.807) is 0 Å². The van der Waals surface area contributed by atoms with Crippen LogP contribution in [0.5, 0.6) is 0 Å². The molecule has 1 amide bonds. The van der Waals surface area contributed by atoms with Crippen LogP contribution in [-0.4, -0.2) is 42.1 Å². The number of carbonyl (C=O) groups excluding carboxylic acids is 1. The number of rotatable bonds is 4. The predicted octanol–water partition coefficient (Wildman–Crippen LogP) is 2.83. The van der Waals surface area contributed by atoms with E-state index in [0.29, 0.717) is 10.7 Å². The molecule has 1 fully saturated rings. The Morgan fingerprint density at radius 2 is 2.05 bits per heavy atom. The number of halogens is 1. The predicted molar refractivity (Wildman–Crippen MR) is 95.3 cm³/mol. The first-order valence-electron chi connectivity index (χ1n) is 7.02. The number of nitrogens with zero attached hydrogens (tertiary/aromatic N) is 2. The highest BCUT2D eigenvalue weighted by Crippen LogP contribution is 2.18. The Hall–Kier alpha value is -1.03. The van der Waals surface area contributed by atoms with E-state index in [0.717, 1.165) is 42.1 Å². The molecule has 22 heavy (non-hydrogen) atoms. The first-order chi connectivity index (χ1) is 10.7. The van der Waals surface area contributed by atoms with Crippen LogP contribution in [0.4, 0.5) is 5.13 Å². The molecule has 3 rings (SSSR count). The van der Waals surface area contributed by atoms with E-state index in [1.807, 2.05) is 29.6 Å². The van der Waals surface area contributed by atoms with Crippen molar-refractivity contribution < 1.29 is 9.53 Å². The van der Waals surface area contributed by atoms with Crippen LogP contribution in [0, 0.1) is 3.57 Å². The number of hydrogen-bond donors (Lipinski definition) is 1. The Labute approximate surface area is 146 Å².